The van der Waals surface area contributed by atoms with Crippen LogP contribution in [-0.2, 0) is 10.2 Å². The van der Waals surface area contributed by atoms with Crippen LogP contribution in [0.1, 0.15) is 53.6 Å². The van der Waals surface area contributed by atoms with E-state index in [0.717, 1.165) is 82.7 Å². The predicted octanol–water partition coefficient (Wildman–Crippen LogP) is 4.55. The first-order valence-electron chi connectivity index (χ1n) is 17.1. The minimum atomic E-state index is -0.498. The topological polar surface area (TPSA) is 87.7 Å². The molecule has 2 saturated heterocycles. The second-order valence-electron chi connectivity index (χ2n) is 12.9. The van der Waals surface area contributed by atoms with E-state index in [2.05, 4.69) is 56.9 Å². The first-order chi connectivity index (χ1) is 23.3. The van der Waals surface area contributed by atoms with Gasteiger partial charge in [-0.1, -0.05) is 43.3 Å². The summed E-state index contributed by atoms with van der Waals surface area (Å²) in [6, 6.07) is 17.8. The van der Waals surface area contributed by atoms with Gasteiger partial charge in [-0.05, 0) is 74.8 Å². The highest BCUT2D eigenvalue weighted by molar-refractivity contribution is 5.95. The molecule has 2 aliphatic heterocycles. The van der Waals surface area contributed by atoms with Crippen molar-refractivity contribution in [2.45, 2.75) is 37.5 Å². The van der Waals surface area contributed by atoms with E-state index in [1.54, 1.807) is 44.6 Å². The van der Waals surface area contributed by atoms with Crippen LogP contribution < -0.4 is 14.2 Å². The van der Waals surface area contributed by atoms with E-state index >= 15 is 0 Å². The van der Waals surface area contributed by atoms with E-state index in [9.17, 15) is 9.59 Å². The van der Waals surface area contributed by atoms with Gasteiger partial charge in [0, 0.05) is 63.6 Å². The number of methoxy groups -OCH3 is 3. The minimum Gasteiger partial charge on any atom is -0.493 e. The van der Waals surface area contributed by atoms with Crippen molar-refractivity contribution in [2.24, 2.45) is 0 Å². The fourth-order valence-electron chi connectivity index (χ4n) is 7.27. The van der Waals surface area contributed by atoms with Crippen molar-refractivity contribution in [3.63, 3.8) is 0 Å². The van der Waals surface area contributed by atoms with Gasteiger partial charge in [0.05, 0.1) is 26.7 Å². The Hall–Kier alpha value is -4.15. The lowest BCUT2D eigenvalue weighted by Gasteiger charge is -2.45. The molecule has 2 aliphatic rings. The molecular weight excluding hydrogens is 606 g/mol. The maximum Gasteiger partial charge on any atom is 0.253 e. The van der Waals surface area contributed by atoms with Gasteiger partial charge < -0.3 is 33.8 Å². The Labute approximate surface area is 285 Å². The monoisotopic (exact) mass is 657 g/mol. The van der Waals surface area contributed by atoms with Gasteiger partial charge in [-0.2, -0.15) is 0 Å². The molecule has 2 fully saturated rings. The Balaban J connectivity index is 1.27. The van der Waals surface area contributed by atoms with Crippen LogP contribution in [0, 0.1) is 0 Å². The maximum absolute atomic E-state index is 14.3. The van der Waals surface area contributed by atoms with Crippen LogP contribution >= 0.6 is 0 Å². The van der Waals surface area contributed by atoms with Crippen LogP contribution in [-0.4, -0.2) is 124 Å². The third-order valence-electron chi connectivity index (χ3n) is 10.3. The van der Waals surface area contributed by atoms with Crippen molar-refractivity contribution in [1.29, 1.82) is 0 Å². The molecule has 48 heavy (non-hydrogen) atoms. The largest absolute Gasteiger partial charge is 0.493 e. The molecule has 0 spiro atoms. The van der Waals surface area contributed by atoms with Gasteiger partial charge in [0.25, 0.3) is 5.91 Å². The molecule has 3 aromatic rings. The van der Waals surface area contributed by atoms with Crippen LogP contribution in [0.25, 0.3) is 0 Å². The second kappa shape index (κ2) is 16.3. The number of carbonyl (C=O) groups excluding carboxylic acids is 2. The quantitative estimate of drug-likeness (QED) is 0.265. The number of carbonyl (C=O) groups is 2. The zero-order chi connectivity index (χ0) is 34.1. The number of benzene rings is 2. The van der Waals surface area contributed by atoms with Crippen LogP contribution in [0.3, 0.4) is 0 Å². The summed E-state index contributed by atoms with van der Waals surface area (Å²) in [5.74, 6) is 1.56. The number of pyridine rings is 1. The number of likely N-dealkylation sites (N-methyl/N-ethyl adjacent to an activating group) is 2. The Morgan fingerprint density at radius 2 is 1.54 bits per heavy atom. The highest BCUT2D eigenvalue weighted by Crippen LogP contribution is 2.40. The number of nitrogens with zero attached hydrogens (tertiary/aromatic N) is 5. The Morgan fingerprint density at radius 1 is 0.875 bits per heavy atom. The van der Waals surface area contributed by atoms with Crippen molar-refractivity contribution >= 4 is 11.8 Å². The SMILES string of the molecule is CCN1CCN(C(=O)C2(c3ccccc3)CCN(CCC(CN(C)C(=O)c3cc(OC)c(OC)c(OC)c3)c3cccnc3)CC2)CC1. The van der Waals surface area contributed by atoms with Gasteiger partial charge >= 0.3 is 0 Å². The molecule has 10 nitrogen and oxygen atoms in total. The van der Waals surface area contributed by atoms with Crippen molar-refractivity contribution in [1.82, 2.24) is 24.6 Å². The maximum atomic E-state index is 14.3. The summed E-state index contributed by atoms with van der Waals surface area (Å²) in [4.78, 5) is 41.1. The number of aromatic nitrogens is 1. The molecule has 3 heterocycles. The van der Waals surface area contributed by atoms with E-state index in [-0.39, 0.29) is 17.7 Å². The molecule has 2 amide bonds. The predicted molar refractivity (Wildman–Crippen MR) is 187 cm³/mol. The molecule has 0 bridgehead atoms. The van der Waals surface area contributed by atoms with Crippen LogP contribution in [0.4, 0.5) is 0 Å². The van der Waals surface area contributed by atoms with Crippen LogP contribution in [0.2, 0.25) is 0 Å². The lowest BCUT2D eigenvalue weighted by atomic mass is 9.71. The van der Waals surface area contributed by atoms with Gasteiger partial charge in [-0.15, -0.1) is 0 Å². The zero-order valence-corrected chi connectivity index (χ0v) is 29.2. The van der Waals surface area contributed by atoms with E-state index in [1.807, 2.05) is 25.4 Å². The third kappa shape index (κ3) is 7.76. The average molecular weight is 658 g/mol. The molecule has 1 atom stereocenters. The number of likely N-dealkylation sites (tertiary alicyclic amines) is 1. The Kier molecular flexibility index (Phi) is 11.9. The highest BCUT2D eigenvalue weighted by atomic mass is 16.5. The first kappa shape index (κ1) is 35.2. The van der Waals surface area contributed by atoms with E-state index in [0.29, 0.717) is 29.4 Å². The van der Waals surface area contributed by atoms with Gasteiger partial charge in [-0.25, -0.2) is 0 Å². The van der Waals surface area contributed by atoms with Crippen molar-refractivity contribution in [3.05, 3.63) is 83.7 Å². The lowest BCUT2D eigenvalue weighted by molar-refractivity contribution is -0.141. The molecule has 258 valence electrons. The highest BCUT2D eigenvalue weighted by Gasteiger charge is 2.45. The summed E-state index contributed by atoms with van der Waals surface area (Å²) in [6.07, 6.45) is 6.11. The number of hydrogen-bond acceptors (Lipinski definition) is 8. The number of piperidine rings is 1. The smallest absolute Gasteiger partial charge is 0.253 e. The molecule has 1 unspecified atom stereocenters. The summed E-state index contributed by atoms with van der Waals surface area (Å²) in [5, 5.41) is 0. The molecule has 10 heteroatoms. The molecule has 0 saturated carbocycles. The average Bonchev–Trinajstić information content (AvgIpc) is 3.16. The standard InChI is InChI=1S/C38H51N5O5/c1-6-41-21-23-43(24-22-41)37(45)38(32-12-8-7-9-13-32)15-19-42(20-16-38)18-14-30(29-11-10-17-39-27-29)28-40(2)36(44)31-25-33(46-3)35(48-5)34(26-31)47-4/h7-13,17,25-27,30H,6,14-16,18-24,28H2,1-5H3. The number of ether oxygens (including phenoxy) is 3. The number of amides is 2. The Bertz CT molecular complexity index is 1460. The summed E-state index contributed by atoms with van der Waals surface area (Å²) >= 11 is 0. The summed E-state index contributed by atoms with van der Waals surface area (Å²) in [5.41, 5.74) is 2.19. The summed E-state index contributed by atoms with van der Waals surface area (Å²) in [6.45, 7) is 9.73. The summed E-state index contributed by atoms with van der Waals surface area (Å²) in [7, 11) is 6.46. The molecule has 2 aromatic carbocycles. The first-order valence-corrected chi connectivity index (χ1v) is 17.1. The molecule has 0 radical (unpaired) electrons. The fourth-order valence-corrected chi connectivity index (χ4v) is 7.27. The Morgan fingerprint density at radius 3 is 2.10 bits per heavy atom. The van der Waals surface area contributed by atoms with E-state index in [1.165, 1.54) is 0 Å². The number of piperazine rings is 1. The van der Waals surface area contributed by atoms with Gasteiger partial charge in [0.1, 0.15) is 0 Å². The second-order valence-corrected chi connectivity index (χ2v) is 12.9. The van der Waals surface area contributed by atoms with E-state index in [4.69, 9.17) is 14.2 Å². The van der Waals surface area contributed by atoms with Crippen molar-refractivity contribution in [2.75, 3.05) is 87.3 Å². The zero-order valence-electron chi connectivity index (χ0n) is 29.2. The molecule has 5 rings (SSSR count). The van der Waals surface area contributed by atoms with Gasteiger partial charge in [-0.3, -0.25) is 14.6 Å². The molecule has 1 aromatic heterocycles. The van der Waals surface area contributed by atoms with Crippen molar-refractivity contribution in [3.8, 4) is 17.2 Å². The lowest BCUT2D eigenvalue weighted by Crippen LogP contribution is -2.57. The molecule has 0 aliphatic carbocycles. The van der Waals surface area contributed by atoms with Crippen molar-refractivity contribution < 1.29 is 23.8 Å². The molecular formula is C38H51N5O5. The fraction of sp³-hybridized carbons (Fsp3) is 0.500. The van der Waals surface area contributed by atoms with Gasteiger partial charge in [0.2, 0.25) is 11.7 Å². The molecule has 0 N–H and O–H groups in total. The summed E-state index contributed by atoms with van der Waals surface area (Å²) < 4.78 is 16.4. The number of rotatable bonds is 13. The third-order valence-corrected chi connectivity index (χ3v) is 10.3. The van der Waals surface area contributed by atoms with E-state index < -0.39 is 5.41 Å². The van der Waals surface area contributed by atoms with Gasteiger partial charge in [0.15, 0.2) is 11.5 Å². The van der Waals surface area contributed by atoms with Crippen LogP contribution in [0.5, 0.6) is 17.2 Å². The van der Waals surface area contributed by atoms with Crippen LogP contribution in [0.15, 0.2) is 67.0 Å². The normalized spacial score (nSPS) is 17.4. The minimum absolute atomic E-state index is 0.0759. The number of hydrogen-bond donors (Lipinski definition) is 0.